The first-order chi connectivity index (χ1) is 12.1. The van der Waals surface area contributed by atoms with Crippen LogP contribution >= 0.6 is 23.1 Å². The Kier molecular flexibility index (Phi) is 6.41. The minimum absolute atomic E-state index is 0.172. The minimum atomic E-state index is -0.310. The number of hydrogen-bond acceptors (Lipinski definition) is 6. The van der Waals surface area contributed by atoms with Crippen LogP contribution in [0.5, 0.6) is 0 Å². The minimum Gasteiger partial charge on any atom is -0.392 e. The van der Waals surface area contributed by atoms with Crippen LogP contribution in [0.3, 0.4) is 0 Å². The number of nitrogens with zero attached hydrogens (tertiary/aromatic N) is 3. The van der Waals surface area contributed by atoms with Gasteiger partial charge in [-0.3, -0.25) is 9.69 Å². The molecule has 1 aromatic rings. The predicted molar refractivity (Wildman–Crippen MR) is 104 cm³/mol. The predicted octanol–water partition coefficient (Wildman–Crippen LogP) is 2.24. The summed E-state index contributed by atoms with van der Waals surface area (Å²) in [6, 6.07) is 0. The number of carbonyl (C=O) groups excluding carboxylic acids is 1. The van der Waals surface area contributed by atoms with E-state index in [1.165, 1.54) is 5.01 Å². The molecule has 2 fully saturated rings. The van der Waals surface area contributed by atoms with Gasteiger partial charge in [0.1, 0.15) is 0 Å². The van der Waals surface area contributed by atoms with Gasteiger partial charge in [0.2, 0.25) is 5.91 Å². The third-order valence-corrected chi connectivity index (χ3v) is 7.06. The SMILES string of the molecule is CCc1nc(CN2CCC(O)[C@]3(CCCN(C(=O)CSC)C3)C2)cs1. The number of aliphatic hydroxyl groups excluding tert-OH is 1. The fourth-order valence-electron chi connectivity index (χ4n) is 4.18. The van der Waals surface area contributed by atoms with Gasteiger partial charge < -0.3 is 10.0 Å². The van der Waals surface area contributed by atoms with Crippen LogP contribution in [0, 0.1) is 5.41 Å². The maximum Gasteiger partial charge on any atom is 0.232 e. The molecular weight excluding hydrogens is 354 g/mol. The second-order valence-corrected chi connectivity index (χ2v) is 9.12. The number of carbonyl (C=O) groups is 1. The van der Waals surface area contributed by atoms with E-state index in [2.05, 4.69) is 17.2 Å². The Hall–Kier alpha value is -0.630. The summed E-state index contributed by atoms with van der Waals surface area (Å²) < 4.78 is 0. The lowest BCUT2D eigenvalue weighted by molar-refractivity contribution is -0.138. The number of hydrogen-bond donors (Lipinski definition) is 1. The molecule has 2 atom stereocenters. The maximum absolute atomic E-state index is 12.3. The largest absolute Gasteiger partial charge is 0.392 e. The quantitative estimate of drug-likeness (QED) is 0.845. The molecule has 1 N–H and O–H groups in total. The number of thioether (sulfide) groups is 1. The molecule has 7 heteroatoms. The van der Waals surface area contributed by atoms with Crippen molar-refractivity contribution in [3.63, 3.8) is 0 Å². The van der Waals surface area contributed by atoms with E-state index < -0.39 is 0 Å². The van der Waals surface area contributed by atoms with Gasteiger partial charge in [-0.2, -0.15) is 11.8 Å². The van der Waals surface area contributed by atoms with Crippen molar-refractivity contribution >= 4 is 29.0 Å². The summed E-state index contributed by atoms with van der Waals surface area (Å²) in [5, 5.41) is 14.1. The Balaban J connectivity index is 1.67. The summed E-state index contributed by atoms with van der Waals surface area (Å²) in [7, 11) is 0. The number of aryl methyl sites for hydroxylation is 1. The summed E-state index contributed by atoms with van der Waals surface area (Å²) in [5.41, 5.74) is 0.966. The third-order valence-electron chi connectivity index (χ3n) is 5.48. The zero-order valence-corrected chi connectivity index (χ0v) is 16.9. The van der Waals surface area contributed by atoms with Crippen LogP contribution in [0.15, 0.2) is 5.38 Å². The lowest BCUT2D eigenvalue weighted by Crippen LogP contribution is -2.59. The van der Waals surface area contributed by atoms with Crippen molar-refractivity contribution in [2.45, 2.75) is 45.3 Å². The average molecular weight is 384 g/mol. The van der Waals surface area contributed by atoms with Gasteiger partial charge in [-0.25, -0.2) is 4.98 Å². The standard InChI is InChI=1S/C18H29N3O2S2/c1-3-16-19-14(10-25-16)9-20-8-5-15(22)18(12-20)6-4-7-21(13-18)17(23)11-24-2/h10,15,22H,3-9,11-13H2,1-2H3/t15?,18-/m1/s1. The molecule has 0 radical (unpaired) electrons. The van der Waals surface area contributed by atoms with Crippen LogP contribution in [-0.2, 0) is 17.8 Å². The fourth-order valence-corrected chi connectivity index (χ4v) is 5.34. The molecule has 0 bridgehead atoms. The van der Waals surface area contributed by atoms with Crippen LogP contribution in [0.1, 0.15) is 36.9 Å². The number of aromatic nitrogens is 1. The summed E-state index contributed by atoms with van der Waals surface area (Å²) in [6.45, 7) is 6.28. The third kappa shape index (κ3) is 4.38. The topological polar surface area (TPSA) is 56.7 Å². The van der Waals surface area contributed by atoms with Crippen molar-refractivity contribution in [3.05, 3.63) is 16.1 Å². The first kappa shape index (κ1) is 19.1. The lowest BCUT2D eigenvalue weighted by Gasteiger charge is -2.51. The van der Waals surface area contributed by atoms with E-state index in [1.54, 1.807) is 23.1 Å². The van der Waals surface area contributed by atoms with Crippen molar-refractivity contribution in [2.75, 3.05) is 38.2 Å². The summed E-state index contributed by atoms with van der Waals surface area (Å²) in [4.78, 5) is 21.4. The molecule has 2 saturated heterocycles. The Morgan fingerprint density at radius 3 is 3.04 bits per heavy atom. The Morgan fingerprint density at radius 2 is 2.32 bits per heavy atom. The summed E-state index contributed by atoms with van der Waals surface area (Å²) in [5.74, 6) is 0.747. The van der Waals surface area contributed by atoms with Crippen LogP contribution in [0.2, 0.25) is 0 Å². The van der Waals surface area contributed by atoms with Gasteiger partial charge in [-0.05, 0) is 31.9 Å². The van der Waals surface area contributed by atoms with Gasteiger partial charge in [-0.15, -0.1) is 11.3 Å². The van der Waals surface area contributed by atoms with Crippen molar-refractivity contribution in [1.82, 2.24) is 14.8 Å². The van der Waals surface area contributed by atoms with Gasteiger partial charge in [-0.1, -0.05) is 6.92 Å². The van der Waals surface area contributed by atoms with Crippen LogP contribution in [0.4, 0.5) is 0 Å². The molecule has 2 aliphatic rings. The molecule has 1 unspecified atom stereocenters. The Bertz CT molecular complexity index is 595. The molecule has 1 amide bonds. The first-order valence-corrected chi connectivity index (χ1v) is 11.4. The van der Waals surface area contributed by atoms with E-state index in [-0.39, 0.29) is 17.4 Å². The number of amides is 1. The highest BCUT2D eigenvalue weighted by molar-refractivity contribution is 7.99. The Morgan fingerprint density at radius 1 is 1.48 bits per heavy atom. The number of thiazole rings is 1. The number of piperidine rings is 2. The smallest absolute Gasteiger partial charge is 0.232 e. The molecule has 5 nitrogen and oxygen atoms in total. The highest BCUT2D eigenvalue weighted by atomic mass is 32.2. The van der Waals surface area contributed by atoms with Gasteiger partial charge in [0.05, 0.1) is 22.6 Å². The maximum atomic E-state index is 12.3. The van der Waals surface area contributed by atoms with Crippen LogP contribution in [-0.4, -0.2) is 70.1 Å². The lowest BCUT2D eigenvalue weighted by atomic mass is 9.71. The van der Waals surface area contributed by atoms with Gasteiger partial charge in [0.15, 0.2) is 0 Å². The van der Waals surface area contributed by atoms with E-state index >= 15 is 0 Å². The normalized spacial score (nSPS) is 27.8. The molecule has 0 aromatic carbocycles. The van der Waals surface area contributed by atoms with Crippen molar-refractivity contribution in [3.8, 4) is 0 Å². The van der Waals surface area contributed by atoms with E-state index in [0.717, 1.165) is 57.6 Å². The van der Waals surface area contributed by atoms with E-state index in [0.29, 0.717) is 12.3 Å². The molecule has 140 valence electrons. The molecule has 0 aliphatic carbocycles. The molecule has 1 aromatic heterocycles. The second kappa shape index (κ2) is 8.37. The van der Waals surface area contributed by atoms with Crippen molar-refractivity contribution in [2.24, 2.45) is 5.41 Å². The van der Waals surface area contributed by atoms with Gasteiger partial charge in [0.25, 0.3) is 0 Å². The van der Waals surface area contributed by atoms with E-state index in [9.17, 15) is 9.90 Å². The molecule has 25 heavy (non-hydrogen) atoms. The van der Waals surface area contributed by atoms with Gasteiger partial charge in [0, 0.05) is 43.5 Å². The van der Waals surface area contributed by atoms with E-state index in [4.69, 9.17) is 4.98 Å². The van der Waals surface area contributed by atoms with Gasteiger partial charge >= 0.3 is 0 Å². The van der Waals surface area contributed by atoms with Crippen LogP contribution in [0.25, 0.3) is 0 Å². The van der Waals surface area contributed by atoms with Crippen molar-refractivity contribution < 1.29 is 9.90 Å². The highest BCUT2D eigenvalue weighted by Crippen LogP contribution is 2.39. The fraction of sp³-hybridized carbons (Fsp3) is 0.778. The highest BCUT2D eigenvalue weighted by Gasteiger charge is 2.46. The number of rotatable bonds is 5. The first-order valence-electron chi connectivity index (χ1n) is 9.17. The number of aliphatic hydroxyl groups is 1. The molecule has 0 saturated carbocycles. The molecule has 1 spiro atoms. The van der Waals surface area contributed by atoms with E-state index in [1.807, 2.05) is 11.2 Å². The second-order valence-electron chi connectivity index (χ2n) is 7.32. The molecule has 3 rings (SSSR count). The van der Waals surface area contributed by atoms with Crippen molar-refractivity contribution in [1.29, 1.82) is 0 Å². The monoisotopic (exact) mass is 383 g/mol. The molecule has 3 heterocycles. The molecular formula is C18H29N3O2S2. The summed E-state index contributed by atoms with van der Waals surface area (Å²) >= 11 is 3.31. The zero-order valence-electron chi connectivity index (χ0n) is 15.2. The zero-order chi connectivity index (χ0) is 17.9. The van der Waals surface area contributed by atoms with Crippen LogP contribution < -0.4 is 0 Å². The average Bonchev–Trinajstić information content (AvgIpc) is 3.06. The Labute approximate surface area is 158 Å². The molecule has 2 aliphatic heterocycles. The number of likely N-dealkylation sites (tertiary alicyclic amines) is 2. The summed E-state index contributed by atoms with van der Waals surface area (Å²) in [6.07, 6.45) is 5.42.